The molecule has 1 N–H and O–H groups in total. The molecule has 0 bridgehead atoms. The van der Waals surface area contributed by atoms with E-state index >= 15 is 0 Å². The van der Waals surface area contributed by atoms with Gasteiger partial charge in [0.1, 0.15) is 0 Å². The minimum Gasteiger partial charge on any atom is -0.336 e. The number of rotatable bonds is 1. The molecule has 0 radical (unpaired) electrons. The van der Waals surface area contributed by atoms with Gasteiger partial charge in [0.25, 0.3) is 5.91 Å². The molecule has 3 nitrogen and oxygen atoms in total. The standard InChI is InChI=1S/C16H14N2O/c19-16-12-5-1-3-7-14(12)18(11-9-10-11)15-8-4-2-6-13(15)17-16/h1-8,11H,9-10H2,(H,17,19). The molecule has 0 saturated heterocycles. The summed E-state index contributed by atoms with van der Waals surface area (Å²) in [7, 11) is 0. The lowest BCUT2D eigenvalue weighted by Crippen LogP contribution is -2.20. The Hall–Kier alpha value is -2.29. The molecule has 1 heterocycles. The van der Waals surface area contributed by atoms with E-state index in [0.29, 0.717) is 6.04 Å². The molecule has 0 spiro atoms. The Kier molecular flexibility index (Phi) is 2.15. The molecule has 2 aromatic rings. The Morgan fingerprint density at radius 3 is 2.42 bits per heavy atom. The Morgan fingerprint density at radius 1 is 0.947 bits per heavy atom. The lowest BCUT2D eigenvalue weighted by atomic mass is 10.1. The maximum Gasteiger partial charge on any atom is 0.257 e. The van der Waals surface area contributed by atoms with Crippen molar-refractivity contribution in [3.8, 4) is 0 Å². The van der Waals surface area contributed by atoms with Crippen LogP contribution in [0.1, 0.15) is 23.2 Å². The molecule has 0 aromatic heterocycles. The van der Waals surface area contributed by atoms with Gasteiger partial charge in [0.2, 0.25) is 0 Å². The smallest absolute Gasteiger partial charge is 0.257 e. The fraction of sp³-hybridized carbons (Fsp3) is 0.188. The van der Waals surface area contributed by atoms with Crippen molar-refractivity contribution in [2.45, 2.75) is 18.9 Å². The molecule has 3 heteroatoms. The third-order valence-corrected chi connectivity index (χ3v) is 3.73. The van der Waals surface area contributed by atoms with Gasteiger partial charge in [-0.1, -0.05) is 24.3 Å². The zero-order valence-electron chi connectivity index (χ0n) is 10.5. The number of hydrogen-bond donors (Lipinski definition) is 1. The van der Waals surface area contributed by atoms with Gasteiger partial charge < -0.3 is 10.2 Å². The van der Waals surface area contributed by atoms with E-state index < -0.39 is 0 Å². The predicted octanol–water partition coefficient (Wildman–Crippen LogP) is 3.55. The van der Waals surface area contributed by atoms with E-state index in [-0.39, 0.29) is 5.91 Å². The van der Waals surface area contributed by atoms with Crippen molar-refractivity contribution in [2.24, 2.45) is 0 Å². The second kappa shape index (κ2) is 3.85. The number of fused-ring (bicyclic) bond motifs is 2. The van der Waals surface area contributed by atoms with Crippen LogP contribution in [0.2, 0.25) is 0 Å². The molecule has 19 heavy (non-hydrogen) atoms. The Morgan fingerprint density at radius 2 is 1.63 bits per heavy atom. The lowest BCUT2D eigenvalue weighted by Gasteiger charge is -2.25. The predicted molar refractivity (Wildman–Crippen MR) is 76.0 cm³/mol. The van der Waals surface area contributed by atoms with Crippen molar-refractivity contribution in [1.82, 2.24) is 0 Å². The molecule has 4 rings (SSSR count). The summed E-state index contributed by atoms with van der Waals surface area (Å²) in [4.78, 5) is 14.6. The van der Waals surface area contributed by atoms with Crippen LogP contribution in [0.4, 0.5) is 17.1 Å². The summed E-state index contributed by atoms with van der Waals surface area (Å²) in [6, 6.07) is 16.4. The van der Waals surface area contributed by atoms with Crippen LogP contribution in [0.5, 0.6) is 0 Å². The molecule has 2 aromatic carbocycles. The molecule has 2 aliphatic rings. The van der Waals surface area contributed by atoms with Crippen molar-refractivity contribution in [3.63, 3.8) is 0 Å². The number of para-hydroxylation sites is 3. The highest BCUT2D eigenvalue weighted by Crippen LogP contribution is 2.44. The minimum absolute atomic E-state index is 0.0220. The van der Waals surface area contributed by atoms with Gasteiger partial charge in [0.15, 0.2) is 0 Å². The second-order valence-electron chi connectivity index (χ2n) is 5.09. The summed E-state index contributed by atoms with van der Waals surface area (Å²) >= 11 is 0. The van der Waals surface area contributed by atoms with E-state index in [1.807, 2.05) is 42.5 Å². The summed E-state index contributed by atoms with van der Waals surface area (Å²) in [6.07, 6.45) is 2.38. The van der Waals surface area contributed by atoms with E-state index in [1.54, 1.807) is 0 Å². The van der Waals surface area contributed by atoms with Gasteiger partial charge >= 0.3 is 0 Å². The number of carbonyl (C=O) groups excluding carboxylic acids is 1. The molecular weight excluding hydrogens is 236 g/mol. The molecule has 1 aliphatic heterocycles. The van der Waals surface area contributed by atoms with Crippen LogP contribution in [-0.2, 0) is 0 Å². The fourth-order valence-electron chi connectivity index (χ4n) is 2.71. The number of benzene rings is 2. The van der Waals surface area contributed by atoms with Crippen molar-refractivity contribution in [2.75, 3.05) is 10.2 Å². The molecule has 1 amide bonds. The first-order chi connectivity index (χ1) is 9.34. The third kappa shape index (κ3) is 1.62. The van der Waals surface area contributed by atoms with Gasteiger partial charge in [-0.25, -0.2) is 0 Å². The Labute approximate surface area is 111 Å². The first-order valence-corrected chi connectivity index (χ1v) is 6.63. The number of nitrogens with zero attached hydrogens (tertiary/aromatic N) is 1. The SMILES string of the molecule is O=C1Nc2ccccc2N(C2CC2)c2ccccc21. The first kappa shape index (κ1) is 10.6. The summed E-state index contributed by atoms with van der Waals surface area (Å²) in [5, 5.41) is 3.01. The molecule has 1 fully saturated rings. The molecule has 0 atom stereocenters. The summed E-state index contributed by atoms with van der Waals surface area (Å²) in [5.41, 5.74) is 3.77. The topological polar surface area (TPSA) is 32.3 Å². The maximum absolute atomic E-state index is 12.3. The van der Waals surface area contributed by atoms with Crippen LogP contribution in [-0.4, -0.2) is 11.9 Å². The maximum atomic E-state index is 12.3. The molecular formula is C16H14N2O. The first-order valence-electron chi connectivity index (χ1n) is 6.63. The summed E-state index contributed by atoms with van der Waals surface area (Å²) in [5.74, 6) is -0.0220. The van der Waals surface area contributed by atoms with Crippen LogP contribution in [0.25, 0.3) is 0 Å². The minimum atomic E-state index is -0.0220. The van der Waals surface area contributed by atoms with Gasteiger partial charge in [0, 0.05) is 6.04 Å². The van der Waals surface area contributed by atoms with E-state index in [1.165, 1.54) is 12.8 Å². The van der Waals surface area contributed by atoms with Gasteiger partial charge in [-0.3, -0.25) is 4.79 Å². The number of carbonyl (C=O) groups is 1. The fourth-order valence-corrected chi connectivity index (χ4v) is 2.71. The second-order valence-corrected chi connectivity index (χ2v) is 5.09. The number of amides is 1. The molecule has 94 valence electrons. The van der Waals surface area contributed by atoms with Crippen molar-refractivity contribution in [3.05, 3.63) is 54.1 Å². The van der Waals surface area contributed by atoms with Crippen LogP contribution in [0, 0.1) is 0 Å². The molecule has 0 unspecified atom stereocenters. The number of anilines is 3. The highest BCUT2D eigenvalue weighted by atomic mass is 16.1. The monoisotopic (exact) mass is 250 g/mol. The highest BCUT2D eigenvalue weighted by molar-refractivity contribution is 6.12. The van der Waals surface area contributed by atoms with Crippen LogP contribution in [0.3, 0.4) is 0 Å². The number of hydrogen-bond acceptors (Lipinski definition) is 2. The Balaban J connectivity index is 1.98. The van der Waals surface area contributed by atoms with Gasteiger partial charge in [-0.15, -0.1) is 0 Å². The van der Waals surface area contributed by atoms with Crippen LogP contribution in [0.15, 0.2) is 48.5 Å². The van der Waals surface area contributed by atoms with Crippen molar-refractivity contribution >= 4 is 23.0 Å². The summed E-state index contributed by atoms with van der Waals surface area (Å²) < 4.78 is 0. The van der Waals surface area contributed by atoms with E-state index in [4.69, 9.17) is 0 Å². The third-order valence-electron chi connectivity index (χ3n) is 3.73. The lowest BCUT2D eigenvalue weighted by molar-refractivity contribution is 0.102. The van der Waals surface area contributed by atoms with Gasteiger partial charge in [-0.2, -0.15) is 0 Å². The average Bonchev–Trinajstić information content (AvgIpc) is 3.26. The zero-order valence-corrected chi connectivity index (χ0v) is 10.5. The summed E-state index contributed by atoms with van der Waals surface area (Å²) in [6.45, 7) is 0. The normalized spacial score (nSPS) is 17.3. The van der Waals surface area contributed by atoms with E-state index in [2.05, 4.69) is 16.3 Å². The van der Waals surface area contributed by atoms with E-state index in [9.17, 15) is 4.79 Å². The van der Waals surface area contributed by atoms with Gasteiger partial charge in [0.05, 0.1) is 22.6 Å². The van der Waals surface area contributed by atoms with Gasteiger partial charge in [-0.05, 0) is 37.1 Å². The quantitative estimate of drug-likeness (QED) is 0.839. The van der Waals surface area contributed by atoms with Crippen LogP contribution >= 0.6 is 0 Å². The van der Waals surface area contributed by atoms with Crippen LogP contribution < -0.4 is 10.2 Å². The van der Waals surface area contributed by atoms with Crippen molar-refractivity contribution < 1.29 is 4.79 Å². The van der Waals surface area contributed by atoms with Crippen molar-refractivity contribution in [1.29, 1.82) is 0 Å². The molecule has 1 saturated carbocycles. The average molecular weight is 250 g/mol. The number of nitrogens with one attached hydrogen (secondary N) is 1. The Bertz CT molecular complexity index is 661. The highest BCUT2D eigenvalue weighted by Gasteiger charge is 2.35. The zero-order chi connectivity index (χ0) is 12.8. The largest absolute Gasteiger partial charge is 0.336 e. The van der Waals surface area contributed by atoms with E-state index in [0.717, 1.165) is 22.6 Å². The molecule has 1 aliphatic carbocycles.